The lowest BCUT2D eigenvalue weighted by molar-refractivity contribution is 0.0950. The molecule has 0 saturated heterocycles. The van der Waals surface area contributed by atoms with Gasteiger partial charge in [-0.2, -0.15) is 0 Å². The second-order valence-electron chi connectivity index (χ2n) is 6.86. The van der Waals surface area contributed by atoms with Crippen molar-refractivity contribution in [3.05, 3.63) is 83.4 Å². The standard InChI is InChI=1S/C25H24N2O4S/c1-2-29-22-16-18(12-13-21(22)31-15-14-30-19-8-4-3-5-9-19)25(28)26-17-24-27-20-10-6-7-11-23(20)32-24/h3-13,16H,2,14-15,17H2,1H3,(H,26,28). The smallest absolute Gasteiger partial charge is 0.251 e. The molecule has 0 aliphatic heterocycles. The van der Waals surface area contributed by atoms with Crippen molar-refractivity contribution < 1.29 is 19.0 Å². The number of thiazole rings is 1. The minimum Gasteiger partial charge on any atom is -0.490 e. The summed E-state index contributed by atoms with van der Waals surface area (Å²) < 4.78 is 18.3. The maximum atomic E-state index is 12.7. The van der Waals surface area contributed by atoms with Crippen LogP contribution in [0.25, 0.3) is 10.2 Å². The molecule has 1 heterocycles. The SMILES string of the molecule is CCOc1cc(C(=O)NCc2nc3ccccc3s2)ccc1OCCOc1ccccc1. The zero-order chi connectivity index (χ0) is 22.2. The van der Waals surface area contributed by atoms with Crippen molar-refractivity contribution in [1.82, 2.24) is 10.3 Å². The molecular weight excluding hydrogens is 424 g/mol. The average molecular weight is 449 g/mol. The van der Waals surface area contributed by atoms with Crippen LogP contribution in [0.4, 0.5) is 0 Å². The van der Waals surface area contributed by atoms with E-state index in [-0.39, 0.29) is 5.91 Å². The monoisotopic (exact) mass is 448 g/mol. The van der Waals surface area contributed by atoms with E-state index < -0.39 is 0 Å². The largest absolute Gasteiger partial charge is 0.490 e. The number of hydrogen-bond donors (Lipinski definition) is 1. The average Bonchev–Trinajstić information content (AvgIpc) is 3.25. The van der Waals surface area contributed by atoms with E-state index in [1.807, 2.05) is 61.5 Å². The number of benzene rings is 3. The van der Waals surface area contributed by atoms with Crippen LogP contribution in [0, 0.1) is 0 Å². The van der Waals surface area contributed by atoms with Gasteiger partial charge in [0.15, 0.2) is 11.5 Å². The van der Waals surface area contributed by atoms with Crippen molar-refractivity contribution in [2.45, 2.75) is 13.5 Å². The van der Waals surface area contributed by atoms with Crippen molar-refractivity contribution in [2.75, 3.05) is 19.8 Å². The van der Waals surface area contributed by atoms with Gasteiger partial charge in [0.1, 0.15) is 24.0 Å². The van der Waals surface area contributed by atoms with E-state index in [2.05, 4.69) is 10.3 Å². The van der Waals surface area contributed by atoms with Gasteiger partial charge in [-0.3, -0.25) is 4.79 Å². The van der Waals surface area contributed by atoms with Crippen LogP contribution in [-0.2, 0) is 6.54 Å². The third-order valence-corrected chi connectivity index (χ3v) is 5.63. The normalized spacial score (nSPS) is 10.7. The molecule has 0 aliphatic rings. The van der Waals surface area contributed by atoms with Crippen molar-refractivity contribution in [1.29, 1.82) is 0 Å². The van der Waals surface area contributed by atoms with Gasteiger partial charge in [-0.1, -0.05) is 30.3 Å². The van der Waals surface area contributed by atoms with Crippen LogP contribution in [0.2, 0.25) is 0 Å². The summed E-state index contributed by atoms with van der Waals surface area (Å²) in [5, 5.41) is 3.79. The molecule has 0 saturated carbocycles. The first-order valence-corrected chi connectivity index (χ1v) is 11.2. The highest BCUT2D eigenvalue weighted by Gasteiger charge is 2.13. The van der Waals surface area contributed by atoms with Gasteiger partial charge in [0.25, 0.3) is 5.91 Å². The molecule has 4 rings (SSSR count). The quantitative estimate of drug-likeness (QED) is 0.343. The number of carbonyl (C=O) groups is 1. The summed E-state index contributed by atoms with van der Waals surface area (Å²) in [7, 11) is 0. The molecule has 1 N–H and O–H groups in total. The van der Waals surface area contributed by atoms with E-state index in [1.165, 1.54) is 0 Å². The molecule has 0 unspecified atom stereocenters. The van der Waals surface area contributed by atoms with Gasteiger partial charge in [-0.15, -0.1) is 11.3 Å². The van der Waals surface area contributed by atoms with Gasteiger partial charge in [0.2, 0.25) is 0 Å². The second kappa shape index (κ2) is 10.6. The molecule has 7 heteroatoms. The number of ether oxygens (including phenoxy) is 3. The number of amides is 1. The van der Waals surface area contributed by atoms with Crippen LogP contribution in [0.15, 0.2) is 72.8 Å². The number of nitrogens with zero attached hydrogens (tertiary/aromatic N) is 1. The van der Waals surface area contributed by atoms with Crippen molar-refractivity contribution >= 4 is 27.5 Å². The van der Waals surface area contributed by atoms with Crippen molar-refractivity contribution in [2.24, 2.45) is 0 Å². The summed E-state index contributed by atoms with van der Waals surface area (Å²) in [6.07, 6.45) is 0. The molecule has 0 radical (unpaired) electrons. The number of aromatic nitrogens is 1. The predicted octanol–water partition coefficient (Wildman–Crippen LogP) is 5.08. The molecule has 0 atom stereocenters. The second-order valence-corrected chi connectivity index (χ2v) is 7.98. The van der Waals surface area contributed by atoms with Crippen LogP contribution < -0.4 is 19.5 Å². The van der Waals surface area contributed by atoms with Crippen LogP contribution in [0.1, 0.15) is 22.3 Å². The number of nitrogens with one attached hydrogen (secondary N) is 1. The molecule has 0 fully saturated rings. The van der Waals surface area contributed by atoms with Crippen LogP contribution in [0.5, 0.6) is 17.2 Å². The summed E-state index contributed by atoms with van der Waals surface area (Å²) in [4.78, 5) is 17.2. The van der Waals surface area contributed by atoms with E-state index in [0.29, 0.717) is 43.4 Å². The molecule has 4 aromatic rings. The molecule has 164 valence electrons. The molecule has 0 aliphatic carbocycles. The molecule has 6 nitrogen and oxygen atoms in total. The Morgan fingerprint density at radius 1 is 0.906 bits per heavy atom. The van der Waals surface area contributed by atoms with Gasteiger partial charge in [-0.25, -0.2) is 4.98 Å². The number of rotatable bonds is 10. The minimum absolute atomic E-state index is 0.191. The van der Waals surface area contributed by atoms with Crippen molar-refractivity contribution in [3.63, 3.8) is 0 Å². The lowest BCUT2D eigenvalue weighted by Crippen LogP contribution is -2.22. The maximum absolute atomic E-state index is 12.7. The zero-order valence-corrected chi connectivity index (χ0v) is 18.6. The van der Waals surface area contributed by atoms with E-state index in [1.54, 1.807) is 29.5 Å². The molecule has 0 spiro atoms. The summed E-state index contributed by atoms with van der Waals surface area (Å²) in [5.74, 6) is 1.71. The fourth-order valence-corrected chi connectivity index (χ4v) is 4.03. The molecule has 0 bridgehead atoms. The molecule has 3 aromatic carbocycles. The Bertz CT molecular complexity index is 1140. The minimum atomic E-state index is -0.191. The molecule has 1 aromatic heterocycles. The Kier molecular flexibility index (Phi) is 7.19. The van der Waals surface area contributed by atoms with Gasteiger partial charge in [0, 0.05) is 5.56 Å². The summed E-state index contributed by atoms with van der Waals surface area (Å²) in [5.41, 5.74) is 1.44. The predicted molar refractivity (Wildman–Crippen MR) is 126 cm³/mol. The Labute approximate surface area is 190 Å². The highest BCUT2D eigenvalue weighted by molar-refractivity contribution is 7.18. The highest BCUT2D eigenvalue weighted by Crippen LogP contribution is 2.29. The maximum Gasteiger partial charge on any atom is 0.251 e. The van der Waals surface area contributed by atoms with Crippen LogP contribution in [0.3, 0.4) is 0 Å². The van der Waals surface area contributed by atoms with Crippen LogP contribution >= 0.6 is 11.3 Å². The fraction of sp³-hybridized carbons (Fsp3) is 0.200. The van der Waals surface area contributed by atoms with Gasteiger partial charge in [-0.05, 0) is 49.4 Å². The van der Waals surface area contributed by atoms with E-state index in [0.717, 1.165) is 21.0 Å². The first-order valence-electron chi connectivity index (χ1n) is 10.4. The van der Waals surface area contributed by atoms with E-state index >= 15 is 0 Å². The first kappa shape index (κ1) is 21.6. The lowest BCUT2D eigenvalue weighted by Gasteiger charge is -2.14. The molecule has 1 amide bonds. The van der Waals surface area contributed by atoms with Gasteiger partial charge in [0.05, 0.1) is 23.4 Å². The summed E-state index contributed by atoms with van der Waals surface area (Å²) in [6.45, 7) is 3.49. The lowest BCUT2D eigenvalue weighted by atomic mass is 10.2. The first-order chi connectivity index (χ1) is 15.7. The summed E-state index contributed by atoms with van der Waals surface area (Å²) >= 11 is 1.58. The number of fused-ring (bicyclic) bond motifs is 1. The number of para-hydroxylation sites is 2. The summed E-state index contributed by atoms with van der Waals surface area (Å²) in [6, 6.07) is 22.7. The Morgan fingerprint density at radius 3 is 2.50 bits per heavy atom. The Morgan fingerprint density at radius 2 is 1.69 bits per heavy atom. The third kappa shape index (κ3) is 5.56. The highest BCUT2D eigenvalue weighted by atomic mass is 32.1. The number of hydrogen-bond acceptors (Lipinski definition) is 6. The van der Waals surface area contributed by atoms with Crippen LogP contribution in [-0.4, -0.2) is 30.7 Å². The Hall–Kier alpha value is -3.58. The van der Waals surface area contributed by atoms with Crippen molar-refractivity contribution in [3.8, 4) is 17.2 Å². The van der Waals surface area contributed by atoms with Gasteiger partial charge < -0.3 is 19.5 Å². The molecular formula is C25H24N2O4S. The number of carbonyl (C=O) groups excluding carboxylic acids is 1. The third-order valence-electron chi connectivity index (χ3n) is 4.60. The van der Waals surface area contributed by atoms with Gasteiger partial charge >= 0.3 is 0 Å². The fourth-order valence-electron chi connectivity index (χ4n) is 3.12. The zero-order valence-electron chi connectivity index (χ0n) is 17.7. The van der Waals surface area contributed by atoms with E-state index in [9.17, 15) is 4.79 Å². The molecule has 32 heavy (non-hydrogen) atoms. The van der Waals surface area contributed by atoms with E-state index in [4.69, 9.17) is 14.2 Å². The topological polar surface area (TPSA) is 69.7 Å². The Balaban J connectivity index is 1.34.